The van der Waals surface area contributed by atoms with Crippen molar-refractivity contribution < 1.29 is 17.9 Å². The first-order valence-corrected chi connectivity index (χ1v) is 3.45. The molecule has 0 fully saturated rings. The van der Waals surface area contributed by atoms with Gasteiger partial charge >= 0.3 is 0 Å². The number of pyridine rings is 1. The molecule has 1 aromatic rings. The monoisotopic (exact) mass is 192 g/mol. The quantitative estimate of drug-likeness (QED) is 0.734. The molecule has 6 heteroatoms. The van der Waals surface area contributed by atoms with Crippen LogP contribution in [0.5, 0.6) is 5.75 Å². The highest BCUT2D eigenvalue weighted by molar-refractivity contribution is 5.35. The number of alkyl halides is 1. The van der Waals surface area contributed by atoms with Crippen LogP contribution in [0.4, 0.5) is 19.0 Å². The Balaban J connectivity index is 2.88. The summed E-state index contributed by atoms with van der Waals surface area (Å²) >= 11 is 0. The van der Waals surface area contributed by atoms with Crippen LogP contribution < -0.4 is 10.5 Å². The molecule has 3 nitrogen and oxygen atoms in total. The minimum atomic E-state index is -1.05. The zero-order valence-electron chi connectivity index (χ0n) is 6.56. The molecule has 0 saturated heterocycles. The Hall–Kier alpha value is -1.46. The molecular weight excluding hydrogens is 185 g/mol. The maximum atomic E-state index is 12.7. The maximum absolute atomic E-state index is 12.7. The van der Waals surface area contributed by atoms with Crippen molar-refractivity contribution >= 4 is 5.82 Å². The summed E-state index contributed by atoms with van der Waals surface area (Å²) in [6.07, 6.45) is 0. The highest BCUT2D eigenvalue weighted by Crippen LogP contribution is 2.19. The number of nitrogens with two attached hydrogens (primary N) is 1. The van der Waals surface area contributed by atoms with Gasteiger partial charge in [0.2, 0.25) is 0 Å². The molecule has 1 rings (SSSR count). The van der Waals surface area contributed by atoms with E-state index in [1.54, 1.807) is 0 Å². The maximum Gasteiger partial charge on any atom is 0.257 e. The van der Waals surface area contributed by atoms with E-state index in [0.717, 1.165) is 6.07 Å². The van der Waals surface area contributed by atoms with Crippen LogP contribution in [0.3, 0.4) is 0 Å². The molecule has 0 aliphatic heterocycles. The molecule has 0 amide bonds. The number of nitrogens with zero attached hydrogens (tertiary/aromatic N) is 1. The van der Waals surface area contributed by atoms with Crippen LogP contribution in [0.15, 0.2) is 6.07 Å². The molecule has 0 bridgehead atoms. The van der Waals surface area contributed by atoms with Gasteiger partial charge in [0, 0.05) is 6.07 Å². The van der Waals surface area contributed by atoms with Gasteiger partial charge in [-0.2, -0.15) is 9.37 Å². The SMILES string of the molecule is Nc1nc(F)c(OCCF)cc1F. The third-order valence-electron chi connectivity index (χ3n) is 1.26. The van der Waals surface area contributed by atoms with Crippen LogP contribution in [-0.4, -0.2) is 18.3 Å². The van der Waals surface area contributed by atoms with Crippen molar-refractivity contribution in [1.29, 1.82) is 0 Å². The number of hydrogen-bond donors (Lipinski definition) is 1. The first-order valence-electron chi connectivity index (χ1n) is 3.45. The van der Waals surface area contributed by atoms with Gasteiger partial charge in [0.15, 0.2) is 17.4 Å². The second-order valence-corrected chi connectivity index (χ2v) is 2.18. The topological polar surface area (TPSA) is 48.1 Å². The van der Waals surface area contributed by atoms with Crippen LogP contribution in [0.25, 0.3) is 0 Å². The van der Waals surface area contributed by atoms with Gasteiger partial charge in [-0.15, -0.1) is 0 Å². The van der Waals surface area contributed by atoms with Crippen LogP contribution in [0, 0.1) is 11.8 Å². The molecule has 13 heavy (non-hydrogen) atoms. The highest BCUT2D eigenvalue weighted by atomic mass is 19.1. The van der Waals surface area contributed by atoms with Gasteiger partial charge in [0.05, 0.1) is 0 Å². The van der Waals surface area contributed by atoms with Crippen LogP contribution in [0.1, 0.15) is 0 Å². The largest absolute Gasteiger partial charge is 0.486 e. The van der Waals surface area contributed by atoms with Crippen molar-refractivity contribution in [2.24, 2.45) is 0 Å². The summed E-state index contributed by atoms with van der Waals surface area (Å²) in [5, 5.41) is 0. The Morgan fingerprint density at radius 2 is 2.15 bits per heavy atom. The molecule has 0 spiro atoms. The fourth-order valence-corrected chi connectivity index (χ4v) is 0.713. The number of hydrogen-bond acceptors (Lipinski definition) is 3. The predicted octanol–water partition coefficient (Wildman–Crippen LogP) is 1.29. The third kappa shape index (κ3) is 2.24. The van der Waals surface area contributed by atoms with E-state index in [4.69, 9.17) is 5.73 Å². The molecule has 2 N–H and O–H groups in total. The Labute approximate surface area is 72.3 Å². The van der Waals surface area contributed by atoms with Crippen molar-refractivity contribution in [2.45, 2.75) is 0 Å². The Kier molecular flexibility index (Phi) is 2.94. The summed E-state index contributed by atoms with van der Waals surface area (Å²) in [4.78, 5) is 3.01. The van der Waals surface area contributed by atoms with Gasteiger partial charge in [-0.05, 0) is 0 Å². The number of nitrogen functional groups attached to an aromatic ring is 1. The van der Waals surface area contributed by atoms with Crippen LogP contribution >= 0.6 is 0 Å². The molecule has 1 aromatic heterocycles. The van der Waals surface area contributed by atoms with E-state index in [-0.39, 0.29) is 6.61 Å². The van der Waals surface area contributed by atoms with Crippen molar-refractivity contribution in [1.82, 2.24) is 4.98 Å². The molecule has 1 heterocycles. The fraction of sp³-hybridized carbons (Fsp3) is 0.286. The van der Waals surface area contributed by atoms with E-state index in [0.29, 0.717) is 0 Å². The molecular formula is C7H7F3N2O. The molecule has 0 atom stereocenters. The van der Waals surface area contributed by atoms with E-state index in [2.05, 4.69) is 9.72 Å². The average Bonchev–Trinajstić information content (AvgIpc) is 2.09. The van der Waals surface area contributed by atoms with Crippen molar-refractivity contribution in [3.8, 4) is 5.75 Å². The molecule has 0 aliphatic carbocycles. The summed E-state index contributed by atoms with van der Waals surface area (Å²) in [5.41, 5.74) is 4.96. The zero-order valence-corrected chi connectivity index (χ0v) is 6.56. The van der Waals surface area contributed by atoms with Gasteiger partial charge < -0.3 is 10.5 Å². The summed E-state index contributed by atoms with van der Waals surface area (Å²) in [7, 11) is 0. The lowest BCUT2D eigenvalue weighted by molar-refractivity contribution is 0.258. The minimum absolute atomic E-state index is 0.345. The van der Waals surface area contributed by atoms with Crippen LogP contribution in [0.2, 0.25) is 0 Å². The van der Waals surface area contributed by atoms with Gasteiger partial charge in [-0.25, -0.2) is 8.78 Å². The summed E-state index contributed by atoms with van der Waals surface area (Å²) in [6.45, 7) is -1.13. The number of halogens is 3. The fourth-order valence-electron chi connectivity index (χ4n) is 0.713. The Bertz CT molecular complexity index is 306. The molecule has 0 aliphatic rings. The van der Waals surface area contributed by atoms with Gasteiger partial charge in [0.1, 0.15) is 13.3 Å². The molecule has 72 valence electrons. The van der Waals surface area contributed by atoms with E-state index in [1.807, 2.05) is 0 Å². The van der Waals surface area contributed by atoms with E-state index in [1.165, 1.54) is 0 Å². The molecule has 0 aromatic carbocycles. The van der Waals surface area contributed by atoms with Crippen molar-refractivity contribution in [3.05, 3.63) is 17.8 Å². The normalized spacial score (nSPS) is 10.1. The second kappa shape index (κ2) is 3.97. The lowest BCUT2D eigenvalue weighted by atomic mass is 10.4. The number of rotatable bonds is 3. The average molecular weight is 192 g/mol. The van der Waals surface area contributed by atoms with Crippen molar-refractivity contribution in [3.63, 3.8) is 0 Å². The summed E-state index contributed by atoms with van der Waals surface area (Å²) in [5.74, 6) is -2.93. The Morgan fingerprint density at radius 1 is 1.46 bits per heavy atom. The van der Waals surface area contributed by atoms with Gasteiger partial charge in [-0.1, -0.05) is 0 Å². The number of aromatic nitrogens is 1. The lowest BCUT2D eigenvalue weighted by Crippen LogP contribution is -2.05. The smallest absolute Gasteiger partial charge is 0.257 e. The van der Waals surface area contributed by atoms with Crippen molar-refractivity contribution in [2.75, 3.05) is 19.0 Å². The highest BCUT2D eigenvalue weighted by Gasteiger charge is 2.10. The van der Waals surface area contributed by atoms with E-state index >= 15 is 0 Å². The van der Waals surface area contributed by atoms with E-state index < -0.39 is 30.0 Å². The first-order chi connectivity index (χ1) is 6.15. The summed E-state index contributed by atoms with van der Waals surface area (Å²) in [6, 6.07) is 0.729. The molecule has 0 radical (unpaired) electrons. The van der Waals surface area contributed by atoms with Gasteiger partial charge in [0.25, 0.3) is 5.95 Å². The van der Waals surface area contributed by atoms with Gasteiger partial charge in [-0.3, -0.25) is 0 Å². The second-order valence-electron chi connectivity index (χ2n) is 2.18. The predicted molar refractivity (Wildman–Crippen MR) is 40.0 cm³/mol. The number of anilines is 1. The standard InChI is InChI=1S/C7H7F3N2O/c8-1-2-13-5-3-4(9)7(11)12-6(5)10/h3H,1-2H2,(H2,11,12). The molecule has 0 saturated carbocycles. The Morgan fingerprint density at radius 3 is 2.77 bits per heavy atom. The third-order valence-corrected chi connectivity index (χ3v) is 1.26. The minimum Gasteiger partial charge on any atom is -0.486 e. The van der Waals surface area contributed by atoms with E-state index in [9.17, 15) is 13.2 Å². The lowest BCUT2D eigenvalue weighted by Gasteiger charge is -2.04. The molecule has 0 unspecified atom stereocenters. The first kappa shape index (κ1) is 9.63. The number of ether oxygens (including phenoxy) is 1. The van der Waals surface area contributed by atoms with Crippen LogP contribution in [-0.2, 0) is 0 Å². The zero-order chi connectivity index (χ0) is 9.84. The summed E-state index contributed by atoms with van der Waals surface area (Å²) < 4.78 is 41.5.